The molecule has 0 aliphatic carbocycles. The quantitative estimate of drug-likeness (QED) is 0.670. The molecule has 2 heterocycles. The molecule has 1 atom stereocenters. The molecule has 0 saturated carbocycles. The van der Waals surface area contributed by atoms with Gasteiger partial charge in [0.25, 0.3) is 5.91 Å². The van der Waals surface area contributed by atoms with Crippen molar-refractivity contribution >= 4 is 11.9 Å². The minimum atomic E-state index is -0.234. The van der Waals surface area contributed by atoms with Crippen LogP contribution in [-0.4, -0.2) is 46.3 Å². The van der Waals surface area contributed by atoms with Crippen LogP contribution in [0.3, 0.4) is 0 Å². The van der Waals surface area contributed by atoms with Crippen LogP contribution in [-0.2, 0) is 22.5 Å². The molecule has 1 aromatic heterocycles. The monoisotopic (exact) mass is 397 g/mol. The number of nitrogens with zero attached hydrogens (tertiary/aromatic N) is 3. The highest BCUT2D eigenvalue weighted by Crippen LogP contribution is 2.24. The number of aryl methyl sites for hydroxylation is 1. The number of carbonyl (C=O) groups is 2. The summed E-state index contributed by atoms with van der Waals surface area (Å²) in [4.78, 5) is 27.4. The van der Waals surface area contributed by atoms with Crippen LogP contribution in [0, 0.1) is 12.8 Å². The normalized spacial score (nSPS) is 16.7. The lowest BCUT2D eigenvalue weighted by molar-refractivity contribution is -0.149. The average Bonchev–Trinajstić information content (AvgIpc) is 3.03. The summed E-state index contributed by atoms with van der Waals surface area (Å²) in [6.45, 7) is 7.98. The third kappa shape index (κ3) is 4.86. The Morgan fingerprint density at radius 1 is 1.21 bits per heavy atom. The molecule has 2 aromatic rings. The van der Waals surface area contributed by atoms with Crippen molar-refractivity contribution in [2.75, 3.05) is 19.7 Å². The zero-order valence-corrected chi connectivity index (χ0v) is 17.7. The number of aromatic nitrogens is 2. The number of benzene rings is 1. The van der Waals surface area contributed by atoms with Gasteiger partial charge >= 0.3 is 5.97 Å². The van der Waals surface area contributed by atoms with Gasteiger partial charge in [-0.25, -0.2) is 0 Å². The predicted molar refractivity (Wildman–Crippen MR) is 112 cm³/mol. The lowest BCUT2D eigenvalue weighted by Crippen LogP contribution is -2.43. The molecule has 0 spiro atoms. The first kappa shape index (κ1) is 21.1. The van der Waals surface area contributed by atoms with Gasteiger partial charge in [0.2, 0.25) is 0 Å². The summed E-state index contributed by atoms with van der Waals surface area (Å²) in [7, 11) is 0. The molecule has 1 aromatic carbocycles. The van der Waals surface area contributed by atoms with Gasteiger partial charge in [0.15, 0.2) is 0 Å². The first-order valence-corrected chi connectivity index (χ1v) is 10.6. The van der Waals surface area contributed by atoms with Gasteiger partial charge in [-0.2, -0.15) is 5.10 Å². The minimum Gasteiger partial charge on any atom is -0.466 e. The van der Waals surface area contributed by atoms with Crippen LogP contribution in [0.15, 0.2) is 30.3 Å². The first-order valence-electron chi connectivity index (χ1n) is 10.6. The Morgan fingerprint density at radius 2 is 1.97 bits per heavy atom. The summed E-state index contributed by atoms with van der Waals surface area (Å²) in [6.07, 6.45) is 3.28. The van der Waals surface area contributed by atoms with Crippen molar-refractivity contribution in [1.29, 1.82) is 0 Å². The van der Waals surface area contributed by atoms with E-state index in [-0.39, 0.29) is 17.8 Å². The zero-order valence-electron chi connectivity index (χ0n) is 17.7. The lowest BCUT2D eigenvalue weighted by atomic mass is 9.97. The number of hydrogen-bond acceptors (Lipinski definition) is 4. The summed E-state index contributed by atoms with van der Waals surface area (Å²) >= 11 is 0. The minimum absolute atomic E-state index is 0.0146. The van der Waals surface area contributed by atoms with Crippen molar-refractivity contribution in [3.8, 4) is 0 Å². The molecule has 6 heteroatoms. The second-order valence-corrected chi connectivity index (χ2v) is 7.64. The molecule has 0 radical (unpaired) electrons. The van der Waals surface area contributed by atoms with Gasteiger partial charge < -0.3 is 9.64 Å². The number of piperidine rings is 1. The van der Waals surface area contributed by atoms with Crippen LogP contribution in [0.1, 0.15) is 60.4 Å². The SMILES string of the molecule is CCCc1nn(Cc2ccccc2)c(C)c1C(=O)N1CCCC(C(=O)OCC)C1. The van der Waals surface area contributed by atoms with E-state index >= 15 is 0 Å². The molecule has 1 saturated heterocycles. The van der Waals surface area contributed by atoms with Gasteiger partial charge in [-0.3, -0.25) is 14.3 Å². The molecular formula is C23H31N3O3. The molecule has 1 unspecified atom stereocenters. The number of rotatable bonds is 7. The predicted octanol–water partition coefficient (Wildman–Crippen LogP) is 3.61. The molecule has 29 heavy (non-hydrogen) atoms. The molecule has 6 nitrogen and oxygen atoms in total. The van der Waals surface area contributed by atoms with Crippen LogP contribution in [0.2, 0.25) is 0 Å². The van der Waals surface area contributed by atoms with Gasteiger partial charge in [-0.15, -0.1) is 0 Å². The van der Waals surface area contributed by atoms with Crippen LogP contribution < -0.4 is 0 Å². The van der Waals surface area contributed by atoms with E-state index in [0.29, 0.717) is 31.8 Å². The van der Waals surface area contributed by atoms with E-state index in [9.17, 15) is 9.59 Å². The van der Waals surface area contributed by atoms with Gasteiger partial charge in [0.1, 0.15) is 0 Å². The fourth-order valence-corrected chi connectivity index (χ4v) is 3.98. The number of likely N-dealkylation sites (tertiary alicyclic amines) is 1. The van der Waals surface area contributed by atoms with Crippen LogP contribution in [0.5, 0.6) is 0 Å². The second kappa shape index (κ2) is 9.72. The molecule has 1 fully saturated rings. The first-order chi connectivity index (χ1) is 14.0. The molecule has 1 amide bonds. The van der Waals surface area contributed by atoms with E-state index in [0.717, 1.165) is 42.6 Å². The Hall–Kier alpha value is -2.63. The van der Waals surface area contributed by atoms with Crippen molar-refractivity contribution in [2.24, 2.45) is 5.92 Å². The Kier molecular flexibility index (Phi) is 7.07. The van der Waals surface area contributed by atoms with Crippen molar-refractivity contribution in [3.63, 3.8) is 0 Å². The third-order valence-electron chi connectivity index (χ3n) is 5.48. The van der Waals surface area contributed by atoms with Crippen molar-refractivity contribution in [3.05, 3.63) is 52.8 Å². The number of hydrogen-bond donors (Lipinski definition) is 0. The highest BCUT2D eigenvalue weighted by atomic mass is 16.5. The third-order valence-corrected chi connectivity index (χ3v) is 5.48. The van der Waals surface area contributed by atoms with Gasteiger partial charge in [-0.05, 0) is 38.7 Å². The molecule has 3 rings (SSSR count). The van der Waals surface area contributed by atoms with Crippen molar-refractivity contribution in [2.45, 2.75) is 53.0 Å². The second-order valence-electron chi connectivity index (χ2n) is 7.64. The van der Waals surface area contributed by atoms with E-state index in [1.54, 1.807) is 4.90 Å². The fourth-order valence-electron chi connectivity index (χ4n) is 3.98. The summed E-state index contributed by atoms with van der Waals surface area (Å²) in [5.41, 5.74) is 3.59. The highest BCUT2D eigenvalue weighted by Gasteiger charge is 2.32. The molecule has 156 valence electrons. The van der Waals surface area contributed by atoms with E-state index in [1.807, 2.05) is 36.7 Å². The Labute approximate surface area is 172 Å². The Balaban J connectivity index is 1.84. The lowest BCUT2D eigenvalue weighted by Gasteiger charge is -2.31. The fraction of sp³-hybridized carbons (Fsp3) is 0.522. The Morgan fingerprint density at radius 3 is 2.66 bits per heavy atom. The number of carbonyl (C=O) groups excluding carboxylic acids is 2. The van der Waals surface area contributed by atoms with Crippen LogP contribution in [0.25, 0.3) is 0 Å². The highest BCUT2D eigenvalue weighted by molar-refractivity contribution is 5.97. The largest absolute Gasteiger partial charge is 0.466 e. The summed E-state index contributed by atoms with van der Waals surface area (Å²) in [5, 5.41) is 4.77. The number of amides is 1. The maximum Gasteiger partial charge on any atom is 0.310 e. The maximum absolute atomic E-state index is 13.4. The van der Waals surface area contributed by atoms with Crippen molar-refractivity contribution in [1.82, 2.24) is 14.7 Å². The van der Waals surface area contributed by atoms with E-state index in [2.05, 4.69) is 19.1 Å². The van der Waals surface area contributed by atoms with Gasteiger partial charge in [-0.1, -0.05) is 43.7 Å². The van der Waals surface area contributed by atoms with Crippen LogP contribution >= 0.6 is 0 Å². The molecule has 1 aliphatic heterocycles. The summed E-state index contributed by atoms with van der Waals surface area (Å²) < 4.78 is 7.11. The number of esters is 1. The van der Waals surface area contributed by atoms with E-state index in [4.69, 9.17) is 9.84 Å². The zero-order chi connectivity index (χ0) is 20.8. The standard InChI is InChI=1S/C23H31N3O3/c1-4-10-20-21(17(3)26(24-20)15-18-11-7-6-8-12-18)22(27)25-14-9-13-19(16-25)23(28)29-5-2/h6-8,11-12,19H,4-5,9-10,13-16H2,1-3H3. The topological polar surface area (TPSA) is 64.4 Å². The average molecular weight is 398 g/mol. The number of ether oxygens (including phenoxy) is 1. The molecular weight excluding hydrogens is 366 g/mol. The smallest absolute Gasteiger partial charge is 0.310 e. The van der Waals surface area contributed by atoms with E-state index in [1.165, 1.54) is 0 Å². The van der Waals surface area contributed by atoms with Gasteiger partial charge in [0.05, 0.1) is 30.3 Å². The van der Waals surface area contributed by atoms with E-state index < -0.39 is 0 Å². The summed E-state index contributed by atoms with van der Waals surface area (Å²) in [6, 6.07) is 10.1. The van der Waals surface area contributed by atoms with Crippen LogP contribution in [0.4, 0.5) is 0 Å². The molecule has 0 bridgehead atoms. The molecule has 0 N–H and O–H groups in total. The van der Waals surface area contributed by atoms with Crippen molar-refractivity contribution < 1.29 is 14.3 Å². The maximum atomic E-state index is 13.4. The summed E-state index contributed by atoms with van der Waals surface area (Å²) in [5.74, 6) is -0.448. The molecule has 1 aliphatic rings. The van der Waals surface area contributed by atoms with Gasteiger partial charge in [0, 0.05) is 18.8 Å². The Bertz CT molecular complexity index is 845.